The first-order valence-electron chi connectivity index (χ1n) is 7.18. The molecule has 0 aromatic heterocycles. The van der Waals surface area contributed by atoms with Crippen molar-refractivity contribution in [2.24, 2.45) is 0 Å². The number of nitro groups is 1. The molecule has 110 valence electrons. The zero-order chi connectivity index (χ0) is 14.8. The molecule has 0 heterocycles. The molecule has 0 aliphatic carbocycles. The molecule has 0 atom stereocenters. The van der Waals surface area contributed by atoms with Gasteiger partial charge in [-0.3, -0.25) is 14.9 Å². The molecule has 0 aliphatic heterocycles. The fourth-order valence-corrected chi connectivity index (χ4v) is 2.03. The summed E-state index contributed by atoms with van der Waals surface area (Å²) in [5, 5.41) is 13.6. The lowest BCUT2D eigenvalue weighted by molar-refractivity contribution is -0.385. The van der Waals surface area contributed by atoms with Gasteiger partial charge in [-0.1, -0.05) is 51.2 Å². The van der Waals surface area contributed by atoms with Gasteiger partial charge >= 0.3 is 0 Å². The summed E-state index contributed by atoms with van der Waals surface area (Å²) in [4.78, 5) is 22.2. The molecule has 0 saturated carbocycles. The number of hydrogen-bond acceptors (Lipinski definition) is 3. The smallest absolute Gasteiger partial charge is 0.282 e. The Balaban J connectivity index is 2.35. The number of hydrogen-bond donors (Lipinski definition) is 1. The van der Waals surface area contributed by atoms with E-state index in [1.807, 2.05) is 0 Å². The van der Waals surface area contributed by atoms with E-state index in [4.69, 9.17) is 0 Å². The second-order valence-electron chi connectivity index (χ2n) is 4.80. The third-order valence-electron chi connectivity index (χ3n) is 3.16. The third-order valence-corrected chi connectivity index (χ3v) is 3.16. The van der Waals surface area contributed by atoms with Crippen LogP contribution in [0.1, 0.15) is 55.8 Å². The van der Waals surface area contributed by atoms with E-state index in [-0.39, 0.29) is 17.2 Å². The molecule has 20 heavy (non-hydrogen) atoms. The van der Waals surface area contributed by atoms with E-state index in [0.717, 1.165) is 12.8 Å². The Morgan fingerprint density at radius 3 is 2.50 bits per heavy atom. The average Bonchev–Trinajstić information content (AvgIpc) is 2.46. The van der Waals surface area contributed by atoms with Crippen molar-refractivity contribution in [1.82, 2.24) is 5.32 Å². The predicted molar refractivity (Wildman–Crippen MR) is 78.8 cm³/mol. The largest absolute Gasteiger partial charge is 0.352 e. The Morgan fingerprint density at radius 2 is 1.80 bits per heavy atom. The van der Waals surface area contributed by atoms with Crippen molar-refractivity contribution in [3.8, 4) is 0 Å². The van der Waals surface area contributed by atoms with E-state index in [0.29, 0.717) is 6.54 Å². The van der Waals surface area contributed by atoms with Crippen molar-refractivity contribution >= 4 is 11.6 Å². The number of unbranched alkanes of at least 4 members (excludes halogenated alkanes) is 5. The molecule has 1 rings (SSSR count). The normalized spacial score (nSPS) is 10.2. The minimum Gasteiger partial charge on any atom is -0.352 e. The molecule has 0 radical (unpaired) electrons. The predicted octanol–water partition coefficient (Wildman–Crippen LogP) is 3.69. The molecule has 1 aromatic carbocycles. The van der Waals surface area contributed by atoms with Gasteiger partial charge < -0.3 is 5.32 Å². The Hall–Kier alpha value is -1.91. The fraction of sp³-hybridized carbons (Fsp3) is 0.533. The van der Waals surface area contributed by atoms with Crippen LogP contribution in [0.2, 0.25) is 0 Å². The summed E-state index contributed by atoms with van der Waals surface area (Å²) in [6.07, 6.45) is 6.87. The lowest BCUT2D eigenvalue weighted by Gasteiger charge is -2.05. The number of benzene rings is 1. The van der Waals surface area contributed by atoms with Crippen molar-refractivity contribution in [1.29, 1.82) is 0 Å². The molecule has 0 spiro atoms. The second-order valence-corrected chi connectivity index (χ2v) is 4.80. The van der Waals surface area contributed by atoms with E-state index in [2.05, 4.69) is 12.2 Å². The summed E-state index contributed by atoms with van der Waals surface area (Å²) < 4.78 is 0. The summed E-state index contributed by atoms with van der Waals surface area (Å²) in [5.41, 5.74) is -0.0172. The average molecular weight is 278 g/mol. The minimum absolute atomic E-state index is 0.128. The number of amides is 1. The van der Waals surface area contributed by atoms with Gasteiger partial charge in [0.25, 0.3) is 11.6 Å². The summed E-state index contributed by atoms with van der Waals surface area (Å²) in [6.45, 7) is 2.74. The maximum atomic E-state index is 11.9. The number of nitro benzene ring substituents is 1. The Labute approximate surface area is 119 Å². The zero-order valence-corrected chi connectivity index (χ0v) is 11.9. The second kappa shape index (κ2) is 9.07. The molecule has 0 fully saturated rings. The van der Waals surface area contributed by atoms with Crippen molar-refractivity contribution < 1.29 is 9.72 Å². The molecule has 0 saturated heterocycles. The highest BCUT2D eigenvalue weighted by Crippen LogP contribution is 2.17. The topological polar surface area (TPSA) is 72.2 Å². The van der Waals surface area contributed by atoms with Gasteiger partial charge in [0, 0.05) is 12.6 Å². The van der Waals surface area contributed by atoms with E-state index in [1.165, 1.54) is 37.8 Å². The number of nitrogens with zero attached hydrogens (tertiary/aromatic N) is 1. The fourth-order valence-electron chi connectivity index (χ4n) is 2.03. The van der Waals surface area contributed by atoms with Gasteiger partial charge in [-0.15, -0.1) is 0 Å². The van der Waals surface area contributed by atoms with Gasteiger partial charge in [0.05, 0.1) is 4.92 Å². The van der Waals surface area contributed by atoms with Crippen LogP contribution in [0.3, 0.4) is 0 Å². The van der Waals surface area contributed by atoms with E-state index in [1.54, 1.807) is 12.1 Å². The molecular formula is C15H22N2O3. The van der Waals surface area contributed by atoms with Crippen LogP contribution in [0.4, 0.5) is 5.69 Å². The van der Waals surface area contributed by atoms with Crippen LogP contribution >= 0.6 is 0 Å². The van der Waals surface area contributed by atoms with Crippen molar-refractivity contribution in [2.45, 2.75) is 45.4 Å². The number of carbonyl (C=O) groups is 1. The zero-order valence-electron chi connectivity index (χ0n) is 11.9. The first kappa shape index (κ1) is 16.1. The Morgan fingerprint density at radius 1 is 1.15 bits per heavy atom. The van der Waals surface area contributed by atoms with Crippen molar-refractivity contribution in [3.63, 3.8) is 0 Å². The van der Waals surface area contributed by atoms with Gasteiger partial charge in [0.2, 0.25) is 0 Å². The Bertz CT molecular complexity index is 446. The van der Waals surface area contributed by atoms with Crippen LogP contribution in [-0.4, -0.2) is 17.4 Å². The lowest BCUT2D eigenvalue weighted by atomic mass is 10.1. The summed E-state index contributed by atoms with van der Waals surface area (Å²) in [5.74, 6) is -0.370. The molecule has 1 amide bonds. The number of rotatable bonds is 9. The maximum absolute atomic E-state index is 11.9. The molecule has 1 aromatic rings. The molecule has 5 nitrogen and oxygen atoms in total. The molecular weight excluding hydrogens is 256 g/mol. The molecule has 5 heteroatoms. The van der Waals surface area contributed by atoms with Crippen LogP contribution < -0.4 is 5.32 Å². The van der Waals surface area contributed by atoms with Crippen molar-refractivity contribution in [2.75, 3.05) is 6.54 Å². The summed E-state index contributed by atoms with van der Waals surface area (Å²) >= 11 is 0. The van der Waals surface area contributed by atoms with Gasteiger partial charge in [0.15, 0.2) is 0 Å². The highest BCUT2D eigenvalue weighted by molar-refractivity contribution is 5.98. The Kier molecular flexibility index (Phi) is 7.32. The SMILES string of the molecule is CCCCCCCCNC(=O)c1ccccc1[N+](=O)[O-]. The first-order chi connectivity index (χ1) is 9.66. The van der Waals surface area contributed by atoms with Crippen LogP contribution in [0.5, 0.6) is 0 Å². The highest BCUT2D eigenvalue weighted by Gasteiger charge is 2.18. The molecule has 1 N–H and O–H groups in total. The van der Waals surface area contributed by atoms with Crippen LogP contribution in [0.25, 0.3) is 0 Å². The van der Waals surface area contributed by atoms with Crippen molar-refractivity contribution in [3.05, 3.63) is 39.9 Å². The molecule has 0 bridgehead atoms. The maximum Gasteiger partial charge on any atom is 0.282 e. The van der Waals surface area contributed by atoms with Gasteiger partial charge in [0.1, 0.15) is 5.56 Å². The lowest BCUT2D eigenvalue weighted by Crippen LogP contribution is -2.25. The van der Waals surface area contributed by atoms with Gasteiger partial charge in [-0.25, -0.2) is 0 Å². The monoisotopic (exact) mass is 278 g/mol. The van der Waals surface area contributed by atoms with Gasteiger partial charge in [-0.05, 0) is 12.5 Å². The molecule has 0 aliphatic rings. The van der Waals surface area contributed by atoms with Crippen LogP contribution in [0, 0.1) is 10.1 Å². The number of nitrogens with one attached hydrogen (secondary N) is 1. The quantitative estimate of drug-likeness (QED) is 0.425. The van der Waals surface area contributed by atoms with E-state index >= 15 is 0 Å². The van der Waals surface area contributed by atoms with Crippen LogP contribution in [-0.2, 0) is 0 Å². The first-order valence-corrected chi connectivity index (χ1v) is 7.18. The van der Waals surface area contributed by atoms with Crippen LogP contribution in [0.15, 0.2) is 24.3 Å². The number of para-hydroxylation sites is 1. The summed E-state index contributed by atoms with van der Waals surface area (Å²) in [7, 11) is 0. The number of carbonyl (C=O) groups excluding carboxylic acids is 1. The third kappa shape index (κ3) is 5.38. The minimum atomic E-state index is -0.528. The van der Waals surface area contributed by atoms with E-state index in [9.17, 15) is 14.9 Å². The van der Waals surface area contributed by atoms with E-state index < -0.39 is 4.92 Å². The standard InChI is InChI=1S/C15H22N2O3/c1-2-3-4-5-6-9-12-16-15(18)13-10-7-8-11-14(13)17(19)20/h7-8,10-11H,2-6,9,12H2,1H3,(H,16,18). The summed E-state index contributed by atoms with van der Waals surface area (Å²) in [6, 6.07) is 6.02. The molecule has 0 unspecified atom stereocenters. The van der Waals surface area contributed by atoms with Gasteiger partial charge in [-0.2, -0.15) is 0 Å². The highest BCUT2D eigenvalue weighted by atomic mass is 16.6.